The maximum atomic E-state index is 13.0. The molecule has 0 spiro atoms. The van der Waals surface area contributed by atoms with Gasteiger partial charge in [0.15, 0.2) is 5.78 Å². The molecular formula is C24H25N3OS2. The summed E-state index contributed by atoms with van der Waals surface area (Å²) in [5.74, 6) is -0.575. The lowest BCUT2D eigenvalue weighted by Gasteiger charge is -2.20. The molecule has 1 unspecified atom stereocenters. The average Bonchev–Trinajstić information content (AvgIpc) is 3.35. The normalized spacial score (nSPS) is 18.6. The molecule has 3 heterocycles. The summed E-state index contributed by atoms with van der Waals surface area (Å²) in [6.45, 7) is 10.8. The number of rotatable bonds is 3. The van der Waals surface area contributed by atoms with E-state index in [0.717, 1.165) is 22.6 Å². The van der Waals surface area contributed by atoms with Crippen LogP contribution in [-0.4, -0.2) is 20.4 Å². The number of hydrogen-bond donors (Lipinski definition) is 1. The molecule has 154 valence electrons. The molecule has 0 bridgehead atoms. The van der Waals surface area contributed by atoms with Gasteiger partial charge in [0.25, 0.3) is 0 Å². The van der Waals surface area contributed by atoms with Crippen molar-refractivity contribution < 1.29 is 4.79 Å². The van der Waals surface area contributed by atoms with Crippen molar-refractivity contribution in [2.75, 3.05) is 0 Å². The van der Waals surface area contributed by atoms with Gasteiger partial charge in [0, 0.05) is 28.7 Å². The Morgan fingerprint density at radius 1 is 1.17 bits per heavy atom. The molecule has 6 heteroatoms. The lowest BCUT2D eigenvalue weighted by atomic mass is 9.87. The molecule has 1 fully saturated rings. The highest BCUT2D eigenvalue weighted by Gasteiger charge is 2.38. The van der Waals surface area contributed by atoms with Crippen LogP contribution in [0.3, 0.4) is 0 Å². The fourth-order valence-corrected chi connectivity index (χ4v) is 5.57. The highest BCUT2D eigenvalue weighted by atomic mass is 32.2. The molecule has 1 saturated heterocycles. The Bertz CT molecular complexity index is 1150. The molecule has 0 amide bonds. The Hall–Kier alpha value is -2.44. The largest absolute Gasteiger partial charge is 0.318 e. The molecule has 2 aromatic heterocycles. The van der Waals surface area contributed by atoms with Crippen molar-refractivity contribution in [1.82, 2.24) is 9.55 Å². The minimum Gasteiger partial charge on any atom is -0.318 e. The van der Waals surface area contributed by atoms with Crippen LogP contribution in [0.5, 0.6) is 0 Å². The monoisotopic (exact) mass is 435 g/mol. The maximum absolute atomic E-state index is 13.0. The lowest BCUT2D eigenvalue weighted by Crippen LogP contribution is -2.11. The highest BCUT2D eigenvalue weighted by molar-refractivity contribution is 8.19. The van der Waals surface area contributed by atoms with Crippen LogP contribution in [0.1, 0.15) is 54.2 Å². The Balaban J connectivity index is 1.68. The van der Waals surface area contributed by atoms with E-state index in [1.807, 2.05) is 11.5 Å². The van der Waals surface area contributed by atoms with Gasteiger partial charge in [0.1, 0.15) is 10.9 Å². The number of hydrogen-bond acceptors (Lipinski definition) is 5. The summed E-state index contributed by atoms with van der Waals surface area (Å²) in [5.41, 5.74) is 5.74. The van der Waals surface area contributed by atoms with Gasteiger partial charge in [0.05, 0.1) is 9.95 Å². The predicted octanol–water partition coefficient (Wildman–Crippen LogP) is 6.27. The van der Waals surface area contributed by atoms with Gasteiger partial charge in [-0.2, -0.15) is 0 Å². The molecule has 4 rings (SSSR count). The number of ketones is 1. The van der Waals surface area contributed by atoms with Crippen LogP contribution in [-0.2, 0) is 10.2 Å². The van der Waals surface area contributed by atoms with Gasteiger partial charge in [0.2, 0.25) is 0 Å². The van der Waals surface area contributed by atoms with E-state index >= 15 is 0 Å². The summed E-state index contributed by atoms with van der Waals surface area (Å²) in [6.07, 6.45) is 3.61. The number of Topliss-reactive ketones (excluding diaryl/α,β-unsaturated/α-hetero) is 1. The standard InChI is InChI=1S/C24H25N3OS2/c1-14-12-16(13-19-21(28)20(22(25)30-19)23-26-10-11-29-23)15(2)27(14)18-8-6-17(7-9-18)24(3,4)5/h6-13,20,25H,1-5H3. The predicted molar refractivity (Wildman–Crippen MR) is 127 cm³/mol. The van der Waals surface area contributed by atoms with Crippen LogP contribution < -0.4 is 0 Å². The molecule has 1 N–H and O–H groups in total. The van der Waals surface area contributed by atoms with Crippen molar-refractivity contribution in [1.29, 1.82) is 5.41 Å². The number of thioether (sulfide) groups is 1. The summed E-state index contributed by atoms with van der Waals surface area (Å²) in [4.78, 5) is 17.8. The zero-order chi connectivity index (χ0) is 21.6. The second-order valence-electron chi connectivity index (χ2n) is 8.60. The fraction of sp³-hybridized carbons (Fsp3) is 0.292. The van der Waals surface area contributed by atoms with Gasteiger partial charge >= 0.3 is 0 Å². The van der Waals surface area contributed by atoms with Gasteiger partial charge in [-0.3, -0.25) is 10.2 Å². The van der Waals surface area contributed by atoms with E-state index in [1.54, 1.807) is 6.20 Å². The van der Waals surface area contributed by atoms with E-state index in [4.69, 9.17) is 5.41 Å². The quantitative estimate of drug-likeness (QED) is 0.494. The van der Waals surface area contributed by atoms with Crippen LogP contribution in [0.15, 0.2) is 46.8 Å². The summed E-state index contributed by atoms with van der Waals surface area (Å²) in [6, 6.07) is 10.8. The van der Waals surface area contributed by atoms with Crippen LogP contribution in [0.25, 0.3) is 11.8 Å². The molecule has 1 aliphatic rings. The zero-order valence-electron chi connectivity index (χ0n) is 17.8. The van der Waals surface area contributed by atoms with Gasteiger partial charge in [-0.25, -0.2) is 4.98 Å². The molecule has 30 heavy (non-hydrogen) atoms. The number of thiazole rings is 1. The minimum absolute atomic E-state index is 0.0284. The second kappa shape index (κ2) is 7.67. The number of aromatic nitrogens is 2. The lowest BCUT2D eigenvalue weighted by molar-refractivity contribution is -0.114. The van der Waals surface area contributed by atoms with E-state index in [9.17, 15) is 4.79 Å². The summed E-state index contributed by atoms with van der Waals surface area (Å²) in [7, 11) is 0. The van der Waals surface area contributed by atoms with Crippen molar-refractivity contribution in [3.05, 3.63) is 74.3 Å². The van der Waals surface area contributed by atoms with Gasteiger partial charge < -0.3 is 4.57 Å². The third-order valence-electron chi connectivity index (χ3n) is 5.43. The molecule has 3 aromatic rings. The number of carbonyl (C=O) groups is 1. The van der Waals surface area contributed by atoms with E-state index < -0.39 is 5.92 Å². The fourth-order valence-electron chi connectivity index (χ4n) is 3.77. The second-order valence-corrected chi connectivity index (χ2v) is 10.6. The van der Waals surface area contributed by atoms with Crippen molar-refractivity contribution in [2.24, 2.45) is 0 Å². The number of benzene rings is 1. The summed E-state index contributed by atoms with van der Waals surface area (Å²) < 4.78 is 2.21. The van der Waals surface area contributed by atoms with E-state index in [-0.39, 0.29) is 11.2 Å². The summed E-state index contributed by atoms with van der Waals surface area (Å²) in [5, 5.41) is 11.2. The number of nitrogens with one attached hydrogen (secondary N) is 1. The van der Waals surface area contributed by atoms with Crippen LogP contribution in [0.2, 0.25) is 0 Å². The minimum atomic E-state index is -0.547. The molecular weight excluding hydrogens is 410 g/mol. The number of nitrogens with zero attached hydrogens (tertiary/aromatic N) is 2. The molecule has 1 aromatic carbocycles. The third-order valence-corrected chi connectivity index (χ3v) is 7.27. The first-order valence-electron chi connectivity index (χ1n) is 9.88. The van der Waals surface area contributed by atoms with Crippen molar-refractivity contribution in [3.8, 4) is 5.69 Å². The molecule has 0 aliphatic carbocycles. The van der Waals surface area contributed by atoms with Crippen molar-refractivity contribution >= 4 is 40.0 Å². The van der Waals surface area contributed by atoms with Gasteiger partial charge in [-0.15, -0.1) is 11.3 Å². The molecule has 0 saturated carbocycles. The molecule has 4 nitrogen and oxygen atoms in total. The Kier molecular flexibility index (Phi) is 5.32. The maximum Gasteiger partial charge on any atom is 0.186 e. The number of allylic oxidation sites excluding steroid dienone is 1. The SMILES string of the molecule is Cc1cc(C=C2SC(=N)C(c3nccs3)C2=O)c(C)n1-c1ccc(C(C)(C)C)cc1. The Labute approximate surface area is 185 Å². The molecule has 1 atom stereocenters. The Morgan fingerprint density at radius 3 is 2.47 bits per heavy atom. The first-order chi connectivity index (χ1) is 14.2. The van der Waals surface area contributed by atoms with Crippen LogP contribution in [0.4, 0.5) is 0 Å². The van der Waals surface area contributed by atoms with Gasteiger partial charge in [-0.05, 0) is 54.7 Å². The smallest absolute Gasteiger partial charge is 0.186 e. The number of carbonyl (C=O) groups excluding carboxylic acids is 1. The highest BCUT2D eigenvalue weighted by Crippen LogP contribution is 2.41. The molecule has 1 aliphatic heterocycles. The topological polar surface area (TPSA) is 58.7 Å². The van der Waals surface area contributed by atoms with Crippen LogP contribution in [0, 0.1) is 19.3 Å². The van der Waals surface area contributed by atoms with E-state index in [2.05, 4.69) is 74.5 Å². The Morgan fingerprint density at radius 2 is 1.87 bits per heavy atom. The van der Waals surface area contributed by atoms with Crippen molar-refractivity contribution in [3.63, 3.8) is 0 Å². The van der Waals surface area contributed by atoms with Crippen molar-refractivity contribution in [2.45, 2.75) is 46.0 Å². The van der Waals surface area contributed by atoms with E-state index in [0.29, 0.717) is 15.0 Å². The number of aryl methyl sites for hydroxylation is 1. The third kappa shape index (κ3) is 3.70. The average molecular weight is 436 g/mol. The first kappa shape index (κ1) is 20.8. The molecule has 0 radical (unpaired) electrons. The summed E-state index contributed by atoms with van der Waals surface area (Å²) >= 11 is 2.68. The zero-order valence-corrected chi connectivity index (χ0v) is 19.4. The van der Waals surface area contributed by atoms with E-state index in [1.165, 1.54) is 28.7 Å². The first-order valence-corrected chi connectivity index (χ1v) is 11.6. The van der Waals surface area contributed by atoms with Gasteiger partial charge in [-0.1, -0.05) is 44.7 Å². The van der Waals surface area contributed by atoms with Crippen LogP contribution >= 0.6 is 23.1 Å².